The largest absolute Gasteiger partial charge is 0.394 e. The van der Waals surface area contributed by atoms with Gasteiger partial charge in [0.25, 0.3) is 0 Å². The van der Waals surface area contributed by atoms with Crippen molar-refractivity contribution in [3.63, 3.8) is 0 Å². The number of fused-ring (bicyclic) bond motifs is 1. The minimum Gasteiger partial charge on any atom is -0.394 e. The van der Waals surface area contributed by atoms with Gasteiger partial charge in [-0.15, -0.1) is 0 Å². The zero-order valence-electron chi connectivity index (χ0n) is 23.1. The van der Waals surface area contributed by atoms with E-state index >= 15 is 0 Å². The van der Waals surface area contributed by atoms with Crippen LogP contribution in [-0.2, 0) is 23.9 Å². The monoisotopic (exact) mass is 542 g/mol. The molecule has 0 aliphatic carbocycles. The zero-order valence-corrected chi connectivity index (χ0v) is 23.1. The van der Waals surface area contributed by atoms with Crippen molar-refractivity contribution in [2.45, 2.75) is 62.8 Å². The Kier molecular flexibility index (Phi) is 8.28. The van der Waals surface area contributed by atoms with Gasteiger partial charge >= 0.3 is 0 Å². The van der Waals surface area contributed by atoms with Crippen LogP contribution in [0.3, 0.4) is 0 Å². The van der Waals surface area contributed by atoms with Gasteiger partial charge in [0, 0.05) is 32.7 Å². The fraction of sp³-hybridized carbons (Fsp3) is 0.690. The van der Waals surface area contributed by atoms with Crippen molar-refractivity contribution < 1.29 is 29.0 Å². The van der Waals surface area contributed by atoms with Crippen LogP contribution in [0.2, 0.25) is 0 Å². The lowest BCUT2D eigenvalue weighted by molar-refractivity contribution is -0.151. The third-order valence-corrected chi connectivity index (χ3v) is 9.22. The Hall–Kier alpha value is -2.53. The molecule has 6 atom stereocenters. The molecule has 0 saturated carbocycles. The molecule has 4 fully saturated rings. The fourth-order valence-electron chi connectivity index (χ4n) is 7.34. The van der Waals surface area contributed by atoms with E-state index in [0.29, 0.717) is 52.1 Å². The van der Waals surface area contributed by atoms with Gasteiger partial charge in [-0.3, -0.25) is 19.3 Å². The van der Waals surface area contributed by atoms with E-state index in [1.54, 1.807) is 0 Å². The fourth-order valence-corrected chi connectivity index (χ4v) is 7.34. The maximum atomic E-state index is 14.4. The van der Waals surface area contributed by atoms with Crippen LogP contribution in [0.15, 0.2) is 30.3 Å². The highest BCUT2D eigenvalue weighted by molar-refractivity contribution is 5.99. The molecule has 4 heterocycles. The molecule has 3 N–H and O–H groups in total. The van der Waals surface area contributed by atoms with Crippen molar-refractivity contribution in [2.24, 2.45) is 11.8 Å². The lowest BCUT2D eigenvalue weighted by Crippen LogP contribution is -2.57. The van der Waals surface area contributed by atoms with Crippen LogP contribution in [0.4, 0.5) is 0 Å². The van der Waals surface area contributed by atoms with Gasteiger partial charge in [-0.2, -0.15) is 0 Å². The number of morpholine rings is 1. The first kappa shape index (κ1) is 28.0. The number of nitrogens with zero attached hydrogens (tertiary/aromatic N) is 2. The van der Waals surface area contributed by atoms with Crippen LogP contribution in [0.5, 0.6) is 0 Å². The molecule has 10 nitrogen and oxygen atoms in total. The first-order chi connectivity index (χ1) is 18.9. The minimum atomic E-state index is -1.12. The molecule has 2 unspecified atom stereocenters. The van der Waals surface area contributed by atoms with Gasteiger partial charge in [-0.05, 0) is 31.2 Å². The summed E-state index contributed by atoms with van der Waals surface area (Å²) >= 11 is 0. The second-order valence-corrected chi connectivity index (χ2v) is 11.2. The van der Waals surface area contributed by atoms with E-state index in [1.165, 1.54) is 4.90 Å². The van der Waals surface area contributed by atoms with E-state index in [-0.39, 0.29) is 24.3 Å². The molecule has 39 heavy (non-hydrogen) atoms. The summed E-state index contributed by atoms with van der Waals surface area (Å²) in [7, 11) is 0. The standard InChI is InChI=1S/C29H42N4O6/c1-3-12-30-25(35)22-23-27(37)33(21(19-34)20-8-6-5-7-9-20)24(29(23)11-10-28(22,4-2)39-29)26(36)31-13-14-32-15-17-38-18-16-32/h5-9,21-24,34H,3-4,10-19H2,1-2H3,(H,30,35)(H,31,36)/t21-,22+,23+,24?,28-,29?/m1/s1. The molecule has 0 aromatic heterocycles. The van der Waals surface area contributed by atoms with Crippen LogP contribution in [0, 0.1) is 11.8 Å². The number of hydrogen-bond acceptors (Lipinski definition) is 7. The summed E-state index contributed by atoms with van der Waals surface area (Å²) in [6.45, 7) is 8.22. The molecular formula is C29H42N4O6. The maximum absolute atomic E-state index is 14.4. The number of amides is 3. The highest BCUT2D eigenvalue weighted by atomic mass is 16.5. The van der Waals surface area contributed by atoms with Crippen molar-refractivity contribution in [2.75, 3.05) is 52.5 Å². The summed E-state index contributed by atoms with van der Waals surface area (Å²) in [5.41, 5.74) is -1.16. The van der Waals surface area contributed by atoms with Gasteiger partial charge < -0.3 is 30.1 Å². The van der Waals surface area contributed by atoms with Crippen LogP contribution in [0.1, 0.15) is 51.1 Å². The topological polar surface area (TPSA) is 120 Å². The number of aliphatic hydroxyl groups is 1. The third-order valence-electron chi connectivity index (χ3n) is 9.22. The van der Waals surface area contributed by atoms with Gasteiger partial charge in [0.1, 0.15) is 11.6 Å². The van der Waals surface area contributed by atoms with Crippen molar-refractivity contribution in [3.05, 3.63) is 35.9 Å². The molecule has 10 heteroatoms. The van der Waals surface area contributed by atoms with Crippen LogP contribution in [0.25, 0.3) is 0 Å². The second kappa shape index (κ2) is 11.5. The molecule has 2 bridgehead atoms. The van der Waals surface area contributed by atoms with Gasteiger partial charge in [0.2, 0.25) is 17.7 Å². The average Bonchev–Trinajstić information content (AvgIpc) is 3.57. The average molecular weight is 543 g/mol. The Morgan fingerprint density at radius 1 is 1.08 bits per heavy atom. The molecule has 5 rings (SSSR count). The molecule has 3 amide bonds. The molecule has 1 aromatic carbocycles. The molecule has 4 saturated heterocycles. The molecule has 1 aromatic rings. The number of carbonyl (C=O) groups excluding carboxylic acids is 3. The zero-order chi connectivity index (χ0) is 27.6. The highest BCUT2D eigenvalue weighted by Gasteiger charge is 2.79. The maximum Gasteiger partial charge on any atom is 0.245 e. The molecular weight excluding hydrogens is 500 g/mol. The lowest BCUT2D eigenvalue weighted by Gasteiger charge is -2.37. The predicted molar refractivity (Wildman–Crippen MR) is 144 cm³/mol. The van der Waals surface area contributed by atoms with Crippen molar-refractivity contribution >= 4 is 17.7 Å². The molecule has 214 valence electrons. The van der Waals surface area contributed by atoms with E-state index in [9.17, 15) is 19.5 Å². The number of benzene rings is 1. The van der Waals surface area contributed by atoms with E-state index in [1.807, 2.05) is 44.2 Å². The number of rotatable bonds is 11. The van der Waals surface area contributed by atoms with E-state index in [0.717, 1.165) is 25.1 Å². The number of likely N-dealkylation sites (tertiary alicyclic amines) is 1. The summed E-state index contributed by atoms with van der Waals surface area (Å²) in [6.07, 6.45) is 2.48. The molecule has 4 aliphatic heterocycles. The lowest BCUT2D eigenvalue weighted by atomic mass is 9.65. The van der Waals surface area contributed by atoms with E-state index in [2.05, 4.69) is 15.5 Å². The van der Waals surface area contributed by atoms with Gasteiger partial charge in [0.05, 0.1) is 43.3 Å². The first-order valence-corrected chi connectivity index (χ1v) is 14.5. The molecule has 4 aliphatic rings. The number of carbonyl (C=O) groups is 3. The van der Waals surface area contributed by atoms with Crippen molar-refractivity contribution in [1.29, 1.82) is 0 Å². The minimum absolute atomic E-state index is 0.188. The number of ether oxygens (including phenoxy) is 2. The Balaban J connectivity index is 1.49. The van der Waals surface area contributed by atoms with Crippen LogP contribution >= 0.6 is 0 Å². The Bertz CT molecular complexity index is 1050. The highest BCUT2D eigenvalue weighted by Crippen LogP contribution is 2.65. The summed E-state index contributed by atoms with van der Waals surface area (Å²) in [4.78, 5) is 45.7. The van der Waals surface area contributed by atoms with Crippen LogP contribution < -0.4 is 10.6 Å². The van der Waals surface area contributed by atoms with Crippen LogP contribution in [-0.4, -0.2) is 102 Å². The number of aliphatic hydroxyl groups excluding tert-OH is 1. The SMILES string of the molecule is CCCNC(=O)[C@@H]1[C@H]2C(=O)N([C@H](CO)c3ccccc3)C(C(=O)NCCN3CCOCC3)C23CC[C@@]1(CC)O3. The molecule has 0 radical (unpaired) electrons. The van der Waals surface area contributed by atoms with Gasteiger partial charge in [-0.25, -0.2) is 0 Å². The summed E-state index contributed by atoms with van der Waals surface area (Å²) < 4.78 is 12.2. The Morgan fingerprint density at radius 3 is 2.46 bits per heavy atom. The predicted octanol–water partition coefficient (Wildman–Crippen LogP) is 0.849. The number of nitrogens with one attached hydrogen (secondary N) is 2. The Morgan fingerprint density at radius 2 is 1.79 bits per heavy atom. The second-order valence-electron chi connectivity index (χ2n) is 11.2. The summed E-state index contributed by atoms with van der Waals surface area (Å²) in [6, 6.07) is 7.60. The third kappa shape index (κ3) is 4.75. The summed E-state index contributed by atoms with van der Waals surface area (Å²) in [5.74, 6) is -2.24. The van der Waals surface area contributed by atoms with E-state index in [4.69, 9.17) is 9.47 Å². The Labute approximate surface area is 230 Å². The quantitative estimate of drug-likeness (QED) is 0.379. The van der Waals surface area contributed by atoms with Crippen molar-refractivity contribution in [1.82, 2.24) is 20.4 Å². The van der Waals surface area contributed by atoms with Gasteiger partial charge in [-0.1, -0.05) is 44.2 Å². The number of hydrogen-bond donors (Lipinski definition) is 3. The van der Waals surface area contributed by atoms with E-state index < -0.39 is 35.1 Å². The normalized spacial score (nSPS) is 32.7. The smallest absolute Gasteiger partial charge is 0.245 e. The van der Waals surface area contributed by atoms with Crippen molar-refractivity contribution in [3.8, 4) is 0 Å². The van der Waals surface area contributed by atoms with Gasteiger partial charge in [0.15, 0.2) is 0 Å². The first-order valence-electron chi connectivity index (χ1n) is 14.5. The molecule has 1 spiro atoms. The summed E-state index contributed by atoms with van der Waals surface area (Å²) in [5, 5.41) is 16.6.